The van der Waals surface area contributed by atoms with Gasteiger partial charge in [-0.25, -0.2) is 9.69 Å². The molecule has 138 valence electrons. The van der Waals surface area contributed by atoms with Crippen LogP contribution in [0.25, 0.3) is 6.08 Å². The molecule has 0 atom stereocenters. The predicted octanol–water partition coefficient (Wildman–Crippen LogP) is 5.09. The lowest BCUT2D eigenvalue weighted by Gasteiger charge is -2.19. The first-order valence-electron chi connectivity index (χ1n) is 8.05. The molecular weight excluding hydrogens is 387 g/mol. The fourth-order valence-corrected chi connectivity index (χ4v) is 2.55. The van der Waals surface area contributed by atoms with Crippen molar-refractivity contribution in [2.75, 3.05) is 6.61 Å². The number of halogens is 2. The molecule has 2 amide bonds. The van der Waals surface area contributed by atoms with Crippen LogP contribution in [0.2, 0.25) is 10.0 Å². The van der Waals surface area contributed by atoms with E-state index in [9.17, 15) is 14.9 Å². The number of imide groups is 1. The molecule has 0 spiro atoms. The first kappa shape index (κ1) is 20.5. The Morgan fingerprint density at radius 3 is 2.44 bits per heavy atom. The van der Waals surface area contributed by atoms with Gasteiger partial charge < -0.3 is 4.74 Å². The number of rotatable bonds is 5. The third-order valence-electron chi connectivity index (χ3n) is 3.52. The number of nitriles is 1. The van der Waals surface area contributed by atoms with Gasteiger partial charge in [-0.3, -0.25) is 4.79 Å². The molecule has 0 fully saturated rings. The van der Waals surface area contributed by atoms with Gasteiger partial charge in [-0.05, 0) is 36.3 Å². The van der Waals surface area contributed by atoms with Crippen molar-refractivity contribution < 1.29 is 14.3 Å². The molecule has 2 rings (SSSR count). The Hall–Kier alpha value is -2.81. The monoisotopic (exact) mass is 402 g/mol. The summed E-state index contributed by atoms with van der Waals surface area (Å²) in [6.07, 6.45) is 0.531. The van der Waals surface area contributed by atoms with Crippen molar-refractivity contribution in [2.45, 2.75) is 13.5 Å². The molecule has 0 unspecified atom stereocenters. The van der Waals surface area contributed by atoms with Gasteiger partial charge in [-0.2, -0.15) is 5.26 Å². The van der Waals surface area contributed by atoms with E-state index in [-0.39, 0.29) is 18.7 Å². The molecule has 2 aromatic carbocycles. The number of amides is 2. The van der Waals surface area contributed by atoms with Gasteiger partial charge in [0.2, 0.25) is 0 Å². The molecule has 0 radical (unpaired) electrons. The van der Waals surface area contributed by atoms with Crippen LogP contribution in [-0.2, 0) is 16.1 Å². The Labute approximate surface area is 167 Å². The Kier molecular flexibility index (Phi) is 7.42. The molecule has 0 saturated carbocycles. The average Bonchev–Trinajstić information content (AvgIpc) is 2.67. The second-order valence-corrected chi connectivity index (χ2v) is 6.23. The minimum atomic E-state index is -0.818. The smallest absolute Gasteiger partial charge is 0.417 e. The van der Waals surface area contributed by atoms with Gasteiger partial charge in [0.05, 0.1) is 23.2 Å². The summed E-state index contributed by atoms with van der Waals surface area (Å²) >= 11 is 11.8. The van der Waals surface area contributed by atoms with Crippen molar-refractivity contribution >= 4 is 41.3 Å². The second-order valence-electron chi connectivity index (χ2n) is 5.42. The molecule has 0 aromatic heterocycles. The van der Waals surface area contributed by atoms with E-state index in [4.69, 9.17) is 27.9 Å². The number of hydrogen-bond donors (Lipinski definition) is 0. The van der Waals surface area contributed by atoms with E-state index in [1.54, 1.807) is 43.3 Å². The first-order chi connectivity index (χ1) is 13.0. The predicted molar refractivity (Wildman–Crippen MR) is 104 cm³/mol. The van der Waals surface area contributed by atoms with E-state index < -0.39 is 12.0 Å². The van der Waals surface area contributed by atoms with Crippen LogP contribution >= 0.6 is 23.2 Å². The van der Waals surface area contributed by atoms with Crippen molar-refractivity contribution in [2.24, 2.45) is 0 Å². The van der Waals surface area contributed by atoms with Gasteiger partial charge in [0, 0.05) is 0 Å². The van der Waals surface area contributed by atoms with Crippen LogP contribution in [0.1, 0.15) is 18.1 Å². The third-order valence-corrected chi connectivity index (χ3v) is 4.26. The van der Waals surface area contributed by atoms with Crippen molar-refractivity contribution in [3.63, 3.8) is 0 Å². The Bertz CT molecular complexity index is 905. The van der Waals surface area contributed by atoms with Gasteiger partial charge in [0.15, 0.2) is 0 Å². The lowest BCUT2D eigenvalue weighted by atomic mass is 10.1. The molecule has 27 heavy (non-hydrogen) atoms. The highest BCUT2D eigenvalue weighted by atomic mass is 35.5. The van der Waals surface area contributed by atoms with Crippen LogP contribution in [0.5, 0.6) is 0 Å². The second kappa shape index (κ2) is 9.77. The van der Waals surface area contributed by atoms with E-state index in [1.165, 1.54) is 12.1 Å². The summed E-state index contributed by atoms with van der Waals surface area (Å²) < 4.78 is 4.97. The standard InChI is InChI=1S/C20H16Cl2N2O3/c1-2-27-20(26)24(13-14-6-4-3-5-7-14)19(25)16(12-23)10-15-8-9-17(21)18(22)11-15/h3-11H,2,13H2,1H3/b16-10+. The zero-order valence-electron chi connectivity index (χ0n) is 14.5. The van der Waals surface area contributed by atoms with E-state index in [1.807, 2.05) is 12.1 Å². The molecule has 0 aliphatic carbocycles. The lowest BCUT2D eigenvalue weighted by molar-refractivity contribution is -0.125. The van der Waals surface area contributed by atoms with E-state index in [0.717, 1.165) is 10.5 Å². The Morgan fingerprint density at radius 1 is 1.15 bits per heavy atom. The van der Waals surface area contributed by atoms with Crippen LogP contribution in [0.4, 0.5) is 4.79 Å². The summed E-state index contributed by atoms with van der Waals surface area (Å²) in [5.41, 5.74) is 1.01. The summed E-state index contributed by atoms with van der Waals surface area (Å²) in [4.78, 5) is 26.0. The van der Waals surface area contributed by atoms with E-state index in [2.05, 4.69) is 0 Å². The number of nitrogens with zero attached hydrogens (tertiary/aromatic N) is 2. The highest BCUT2D eigenvalue weighted by Crippen LogP contribution is 2.24. The quantitative estimate of drug-likeness (QED) is 0.515. The average molecular weight is 403 g/mol. The van der Waals surface area contributed by atoms with Crippen LogP contribution in [0.3, 0.4) is 0 Å². The van der Waals surface area contributed by atoms with Crippen LogP contribution in [-0.4, -0.2) is 23.5 Å². The van der Waals surface area contributed by atoms with Gasteiger partial charge in [-0.1, -0.05) is 59.6 Å². The number of carbonyl (C=O) groups is 2. The van der Waals surface area contributed by atoms with Gasteiger partial charge >= 0.3 is 6.09 Å². The summed E-state index contributed by atoms with van der Waals surface area (Å²) in [5.74, 6) is -0.758. The fraction of sp³-hybridized carbons (Fsp3) is 0.150. The molecular formula is C20H16Cl2N2O3. The number of carbonyl (C=O) groups excluding carboxylic acids is 2. The van der Waals surface area contributed by atoms with E-state index in [0.29, 0.717) is 15.6 Å². The maximum absolute atomic E-state index is 12.8. The zero-order chi connectivity index (χ0) is 19.8. The summed E-state index contributed by atoms with van der Waals surface area (Å²) in [5, 5.41) is 10.1. The highest BCUT2D eigenvalue weighted by molar-refractivity contribution is 6.42. The third kappa shape index (κ3) is 5.58. The first-order valence-corrected chi connectivity index (χ1v) is 8.81. The minimum Gasteiger partial charge on any atom is -0.449 e. The van der Waals surface area contributed by atoms with Gasteiger partial charge in [-0.15, -0.1) is 0 Å². The van der Waals surface area contributed by atoms with E-state index >= 15 is 0 Å². The fourth-order valence-electron chi connectivity index (χ4n) is 2.24. The molecule has 7 heteroatoms. The summed E-state index contributed by atoms with van der Waals surface area (Å²) in [7, 11) is 0. The normalized spacial score (nSPS) is 10.8. The molecule has 0 aliphatic heterocycles. The Balaban J connectivity index is 2.35. The van der Waals surface area contributed by atoms with Gasteiger partial charge in [0.25, 0.3) is 5.91 Å². The molecule has 0 aliphatic rings. The largest absolute Gasteiger partial charge is 0.449 e. The van der Waals surface area contributed by atoms with Crippen molar-refractivity contribution in [3.05, 3.63) is 75.3 Å². The van der Waals surface area contributed by atoms with Crippen LogP contribution < -0.4 is 0 Å². The lowest BCUT2D eigenvalue weighted by Crippen LogP contribution is -2.37. The van der Waals surface area contributed by atoms with Crippen LogP contribution in [0.15, 0.2) is 54.1 Å². The maximum Gasteiger partial charge on any atom is 0.417 e. The molecule has 0 N–H and O–H groups in total. The maximum atomic E-state index is 12.8. The highest BCUT2D eigenvalue weighted by Gasteiger charge is 2.26. The molecule has 0 saturated heterocycles. The number of hydrogen-bond acceptors (Lipinski definition) is 4. The van der Waals surface area contributed by atoms with Gasteiger partial charge in [0.1, 0.15) is 11.6 Å². The molecule has 0 heterocycles. The minimum absolute atomic E-state index is 0.0150. The number of benzene rings is 2. The zero-order valence-corrected chi connectivity index (χ0v) is 16.0. The van der Waals surface area contributed by atoms with Crippen LogP contribution in [0, 0.1) is 11.3 Å². The Morgan fingerprint density at radius 2 is 1.85 bits per heavy atom. The van der Waals surface area contributed by atoms with Crippen molar-refractivity contribution in [1.82, 2.24) is 4.90 Å². The van der Waals surface area contributed by atoms with Crippen molar-refractivity contribution in [1.29, 1.82) is 5.26 Å². The summed E-state index contributed by atoms with van der Waals surface area (Å²) in [6.45, 7) is 1.73. The number of ether oxygens (including phenoxy) is 1. The molecule has 2 aromatic rings. The molecule has 0 bridgehead atoms. The molecule has 5 nitrogen and oxygen atoms in total. The SMILES string of the molecule is CCOC(=O)N(Cc1ccccc1)C(=O)/C(C#N)=C/c1ccc(Cl)c(Cl)c1. The topological polar surface area (TPSA) is 70.4 Å². The summed E-state index contributed by atoms with van der Waals surface area (Å²) in [6, 6.07) is 15.5. The van der Waals surface area contributed by atoms with Crippen molar-refractivity contribution in [3.8, 4) is 6.07 Å².